The van der Waals surface area contributed by atoms with E-state index in [2.05, 4.69) is 0 Å². The Balaban J connectivity index is 2.30. The molecule has 19 heavy (non-hydrogen) atoms. The number of aryl methyl sites for hydroxylation is 2. The summed E-state index contributed by atoms with van der Waals surface area (Å²) in [5.41, 5.74) is 2.35. The number of hydrogen-bond donors (Lipinski definition) is 2. The zero-order chi connectivity index (χ0) is 14.2. The number of benzene rings is 1. The molecule has 2 rings (SSSR count). The van der Waals surface area contributed by atoms with Crippen LogP contribution in [0.25, 0.3) is 0 Å². The number of carboxylic acid groups (broad SMARTS) is 1. The van der Waals surface area contributed by atoms with Gasteiger partial charge in [-0.05, 0) is 25.5 Å². The molecular formula is C14H17NO4. The first-order valence-electron chi connectivity index (χ1n) is 6.19. The summed E-state index contributed by atoms with van der Waals surface area (Å²) in [4.78, 5) is 24.8. The summed E-state index contributed by atoms with van der Waals surface area (Å²) in [6, 6.07) is 4.47. The van der Waals surface area contributed by atoms with E-state index in [1.54, 1.807) is 6.07 Å². The monoisotopic (exact) mass is 263 g/mol. The number of nitrogens with zero attached hydrogens (tertiary/aromatic N) is 1. The van der Waals surface area contributed by atoms with E-state index >= 15 is 0 Å². The van der Waals surface area contributed by atoms with Gasteiger partial charge in [0.05, 0.1) is 6.10 Å². The zero-order valence-corrected chi connectivity index (χ0v) is 11.0. The van der Waals surface area contributed by atoms with Crippen molar-refractivity contribution in [1.82, 2.24) is 4.90 Å². The van der Waals surface area contributed by atoms with Crippen molar-refractivity contribution in [3.8, 4) is 0 Å². The second-order valence-corrected chi connectivity index (χ2v) is 5.02. The Kier molecular flexibility index (Phi) is 3.57. The predicted molar refractivity (Wildman–Crippen MR) is 69.0 cm³/mol. The summed E-state index contributed by atoms with van der Waals surface area (Å²) in [6.07, 6.45) is -0.679. The summed E-state index contributed by atoms with van der Waals surface area (Å²) >= 11 is 0. The molecule has 1 aromatic carbocycles. The molecule has 1 aliphatic rings. The highest BCUT2D eigenvalue weighted by molar-refractivity contribution is 5.98. The molecule has 1 aromatic rings. The SMILES string of the molecule is Cc1ccc(C(=O)N2CC(O)C[C@H]2C(=O)O)c(C)c1. The minimum absolute atomic E-state index is 0.0725. The molecule has 1 unspecified atom stereocenters. The minimum atomic E-state index is -1.07. The van der Waals surface area contributed by atoms with Crippen molar-refractivity contribution in [2.45, 2.75) is 32.4 Å². The van der Waals surface area contributed by atoms with Crippen LogP contribution in [0.5, 0.6) is 0 Å². The minimum Gasteiger partial charge on any atom is -0.480 e. The molecule has 0 saturated carbocycles. The van der Waals surface area contributed by atoms with Gasteiger partial charge in [-0.25, -0.2) is 4.79 Å². The van der Waals surface area contributed by atoms with Gasteiger partial charge >= 0.3 is 5.97 Å². The number of hydrogen-bond acceptors (Lipinski definition) is 3. The number of carbonyl (C=O) groups is 2. The third kappa shape index (κ3) is 2.61. The van der Waals surface area contributed by atoms with Crippen molar-refractivity contribution in [3.05, 3.63) is 34.9 Å². The smallest absolute Gasteiger partial charge is 0.326 e. The molecule has 0 spiro atoms. The van der Waals surface area contributed by atoms with Crippen LogP contribution in [0.3, 0.4) is 0 Å². The number of likely N-dealkylation sites (tertiary alicyclic amines) is 1. The molecule has 0 bridgehead atoms. The van der Waals surface area contributed by atoms with Gasteiger partial charge in [0.1, 0.15) is 6.04 Å². The van der Waals surface area contributed by atoms with Crippen LogP contribution in [0.2, 0.25) is 0 Å². The quantitative estimate of drug-likeness (QED) is 0.833. The largest absolute Gasteiger partial charge is 0.480 e. The number of rotatable bonds is 2. The molecule has 5 nitrogen and oxygen atoms in total. The van der Waals surface area contributed by atoms with Crippen LogP contribution in [0.15, 0.2) is 18.2 Å². The lowest BCUT2D eigenvalue weighted by Crippen LogP contribution is -2.40. The normalized spacial score (nSPS) is 22.6. The molecule has 102 valence electrons. The van der Waals surface area contributed by atoms with Crippen LogP contribution in [0, 0.1) is 13.8 Å². The molecule has 2 atom stereocenters. The second-order valence-electron chi connectivity index (χ2n) is 5.02. The van der Waals surface area contributed by atoms with Crippen molar-refractivity contribution in [3.63, 3.8) is 0 Å². The Morgan fingerprint density at radius 2 is 2.00 bits per heavy atom. The highest BCUT2D eigenvalue weighted by Crippen LogP contribution is 2.22. The summed E-state index contributed by atoms with van der Waals surface area (Å²) in [6.45, 7) is 3.83. The first kappa shape index (κ1) is 13.5. The fourth-order valence-corrected chi connectivity index (χ4v) is 2.48. The maximum Gasteiger partial charge on any atom is 0.326 e. The standard InChI is InChI=1S/C14H17NO4/c1-8-3-4-11(9(2)5-8)13(17)15-7-10(16)6-12(15)14(18)19/h3-5,10,12,16H,6-7H2,1-2H3,(H,18,19)/t10?,12-/m0/s1. The topological polar surface area (TPSA) is 77.8 Å². The summed E-state index contributed by atoms with van der Waals surface area (Å²) in [7, 11) is 0. The van der Waals surface area contributed by atoms with Gasteiger partial charge in [-0.15, -0.1) is 0 Å². The van der Waals surface area contributed by atoms with Gasteiger partial charge in [-0.3, -0.25) is 4.79 Å². The molecule has 0 aromatic heterocycles. The molecule has 0 radical (unpaired) electrons. The van der Waals surface area contributed by atoms with E-state index in [0.717, 1.165) is 11.1 Å². The first-order valence-corrected chi connectivity index (χ1v) is 6.19. The van der Waals surface area contributed by atoms with E-state index in [9.17, 15) is 14.7 Å². The number of aliphatic carboxylic acids is 1. The van der Waals surface area contributed by atoms with E-state index < -0.39 is 18.1 Å². The maximum absolute atomic E-state index is 12.4. The van der Waals surface area contributed by atoms with Gasteiger partial charge in [-0.1, -0.05) is 17.7 Å². The third-order valence-corrected chi connectivity index (χ3v) is 3.44. The molecule has 5 heteroatoms. The predicted octanol–water partition coefficient (Wildman–Crippen LogP) is 0.963. The molecule has 0 aliphatic carbocycles. The molecule has 1 fully saturated rings. The van der Waals surface area contributed by atoms with Crippen LogP contribution < -0.4 is 0 Å². The van der Waals surface area contributed by atoms with Crippen LogP contribution in [-0.2, 0) is 4.79 Å². The average molecular weight is 263 g/mol. The van der Waals surface area contributed by atoms with Gasteiger partial charge in [0.25, 0.3) is 5.91 Å². The Morgan fingerprint density at radius 1 is 1.32 bits per heavy atom. The number of aliphatic hydroxyl groups is 1. The maximum atomic E-state index is 12.4. The van der Waals surface area contributed by atoms with Crippen molar-refractivity contribution >= 4 is 11.9 Å². The Morgan fingerprint density at radius 3 is 2.58 bits per heavy atom. The second kappa shape index (κ2) is 5.01. The molecule has 1 aliphatic heterocycles. The molecule has 2 N–H and O–H groups in total. The Hall–Kier alpha value is -1.88. The van der Waals surface area contributed by atoms with Crippen molar-refractivity contribution < 1.29 is 19.8 Å². The number of carbonyl (C=O) groups excluding carboxylic acids is 1. The number of aliphatic hydroxyl groups excluding tert-OH is 1. The van der Waals surface area contributed by atoms with Gasteiger partial charge < -0.3 is 15.1 Å². The molecule has 1 heterocycles. The summed E-state index contributed by atoms with van der Waals surface area (Å²) < 4.78 is 0. The van der Waals surface area contributed by atoms with Crippen LogP contribution in [0.4, 0.5) is 0 Å². The number of carboxylic acids is 1. The fraction of sp³-hybridized carbons (Fsp3) is 0.429. The van der Waals surface area contributed by atoms with Crippen molar-refractivity contribution in [1.29, 1.82) is 0 Å². The van der Waals surface area contributed by atoms with E-state index in [4.69, 9.17) is 5.11 Å². The van der Waals surface area contributed by atoms with E-state index in [0.29, 0.717) is 5.56 Å². The number of β-amino-alcohol motifs (C(OH)–C–C–N with tert-alkyl or cyclic N) is 1. The van der Waals surface area contributed by atoms with Gasteiger partial charge in [0.15, 0.2) is 0 Å². The van der Waals surface area contributed by atoms with E-state index in [-0.39, 0.29) is 18.9 Å². The highest BCUT2D eigenvalue weighted by Gasteiger charge is 2.39. The lowest BCUT2D eigenvalue weighted by Gasteiger charge is -2.22. The van der Waals surface area contributed by atoms with Crippen LogP contribution in [-0.4, -0.2) is 45.7 Å². The first-order chi connectivity index (χ1) is 8.90. The van der Waals surface area contributed by atoms with Crippen LogP contribution in [0.1, 0.15) is 27.9 Å². The summed E-state index contributed by atoms with van der Waals surface area (Å²) in [5.74, 6) is -1.41. The Bertz CT molecular complexity index is 526. The lowest BCUT2D eigenvalue weighted by molar-refractivity contribution is -0.141. The number of amides is 1. The molecular weight excluding hydrogens is 246 g/mol. The zero-order valence-electron chi connectivity index (χ0n) is 11.0. The lowest BCUT2D eigenvalue weighted by atomic mass is 10.0. The van der Waals surface area contributed by atoms with Crippen molar-refractivity contribution in [2.75, 3.05) is 6.54 Å². The van der Waals surface area contributed by atoms with Gasteiger partial charge in [0, 0.05) is 18.5 Å². The molecule has 1 saturated heterocycles. The third-order valence-electron chi connectivity index (χ3n) is 3.44. The highest BCUT2D eigenvalue weighted by atomic mass is 16.4. The molecule has 1 amide bonds. The van der Waals surface area contributed by atoms with E-state index in [1.807, 2.05) is 26.0 Å². The van der Waals surface area contributed by atoms with E-state index in [1.165, 1.54) is 4.90 Å². The Labute approximate surface area is 111 Å². The van der Waals surface area contributed by atoms with Crippen LogP contribution >= 0.6 is 0 Å². The van der Waals surface area contributed by atoms with Gasteiger partial charge in [-0.2, -0.15) is 0 Å². The fourth-order valence-electron chi connectivity index (χ4n) is 2.48. The summed E-state index contributed by atoms with van der Waals surface area (Å²) in [5, 5.41) is 18.7. The van der Waals surface area contributed by atoms with Gasteiger partial charge in [0.2, 0.25) is 0 Å². The average Bonchev–Trinajstić information content (AvgIpc) is 2.70. The van der Waals surface area contributed by atoms with Crippen molar-refractivity contribution in [2.24, 2.45) is 0 Å².